The molecule has 13 heteroatoms. The van der Waals surface area contributed by atoms with Gasteiger partial charge in [-0.05, 0) is 36.9 Å². The van der Waals surface area contributed by atoms with E-state index in [0.29, 0.717) is 6.42 Å². The number of carboxylic acids is 1. The predicted molar refractivity (Wildman–Crippen MR) is 136 cm³/mol. The van der Waals surface area contributed by atoms with Gasteiger partial charge in [-0.2, -0.15) is 13.2 Å². The van der Waals surface area contributed by atoms with Gasteiger partial charge in [0, 0.05) is 19.1 Å². The Bertz CT molecular complexity index is 1120. The van der Waals surface area contributed by atoms with Crippen LogP contribution < -0.4 is 52.6 Å². The number of hydrogen-bond donors (Lipinski definition) is 3. The largest absolute Gasteiger partial charge is 1.00 e. The maximum absolute atomic E-state index is 13.3. The van der Waals surface area contributed by atoms with Crippen molar-refractivity contribution in [3.05, 3.63) is 71.8 Å². The molecule has 1 heterocycles. The first kappa shape index (κ1) is 36.9. The number of aliphatic carboxylic acids is 1. The molecule has 3 N–H and O–H groups in total. The second-order valence-corrected chi connectivity index (χ2v) is 9.68. The van der Waals surface area contributed by atoms with Crippen molar-refractivity contribution >= 4 is 17.8 Å². The van der Waals surface area contributed by atoms with Crippen molar-refractivity contribution in [3.8, 4) is 0 Å². The summed E-state index contributed by atoms with van der Waals surface area (Å²) in [5, 5.41) is 13.6. The van der Waals surface area contributed by atoms with E-state index in [9.17, 15) is 22.8 Å². The van der Waals surface area contributed by atoms with Crippen LogP contribution in [0.25, 0.3) is 0 Å². The third-order valence-electron chi connectivity index (χ3n) is 7.00. The van der Waals surface area contributed by atoms with Gasteiger partial charge in [0.05, 0.1) is 12.0 Å². The number of rotatable bonds is 9. The van der Waals surface area contributed by atoms with Gasteiger partial charge in [-0.25, -0.2) is 9.59 Å². The minimum absolute atomic E-state index is 0. The van der Waals surface area contributed by atoms with E-state index < -0.39 is 23.6 Å². The Kier molecular flexibility index (Phi) is 14.8. The molecule has 4 rings (SSSR count). The maximum Gasteiger partial charge on any atom is 1.00 e. The van der Waals surface area contributed by atoms with E-state index in [-0.39, 0.29) is 78.5 Å². The summed E-state index contributed by atoms with van der Waals surface area (Å²) >= 11 is 0. The number of ether oxygens (including phenoxy) is 2. The molecule has 0 radical (unpaired) electrons. The van der Waals surface area contributed by atoms with Crippen molar-refractivity contribution in [2.24, 2.45) is 5.92 Å². The van der Waals surface area contributed by atoms with E-state index in [2.05, 4.69) is 10.6 Å². The number of hydrogen-bond acceptors (Lipinski definition) is 6. The topological polar surface area (TPSA) is 114 Å². The molecular formula is C28H33ClF3N2NaO6. The van der Waals surface area contributed by atoms with Crippen LogP contribution in [-0.4, -0.2) is 60.5 Å². The molecule has 41 heavy (non-hydrogen) atoms. The number of benzene rings is 2. The number of carbonyl (C=O) groups excluding carboxylic acids is 2. The Labute approximate surface area is 265 Å². The van der Waals surface area contributed by atoms with Crippen LogP contribution in [0.4, 0.5) is 13.2 Å². The average Bonchev–Trinajstić information content (AvgIpc) is 3.39. The van der Waals surface area contributed by atoms with Crippen LogP contribution in [0.3, 0.4) is 0 Å². The van der Waals surface area contributed by atoms with Gasteiger partial charge in [0.15, 0.2) is 0 Å². The smallest absolute Gasteiger partial charge is 1.00 e. The summed E-state index contributed by atoms with van der Waals surface area (Å²) in [6, 6.07) is 19.6. The fourth-order valence-electron chi connectivity index (χ4n) is 4.81. The molecule has 8 nitrogen and oxygen atoms in total. The molecule has 0 aromatic heterocycles. The standard InChI is InChI=1S/C26H32N2O4.C2HF3O2.ClH.Na/c1-18(23(31-2)22-14-9-15-27-22)24(29)28-26(16-21(26)20-12-7-4-8-13-20)25(30)32-17-19-10-5-3-6-11-19;3-2(4,5)1(6)7;;/h3-8,10-13,18,21-23,27H,9,14-17H2,1-2H3,(H,28,29);(H,6,7);1H;/q;;;+1/p-1/t18-,21-,22+,23-,26+;;;/m1.../s1. The quantitative estimate of drug-likeness (QED) is 0.219. The molecule has 0 bridgehead atoms. The van der Waals surface area contributed by atoms with Crippen molar-refractivity contribution in [2.45, 2.75) is 62.6 Å². The van der Waals surface area contributed by atoms with Crippen molar-refractivity contribution in [2.75, 3.05) is 13.7 Å². The van der Waals surface area contributed by atoms with Gasteiger partial charge >= 0.3 is 47.7 Å². The van der Waals surface area contributed by atoms with Crippen molar-refractivity contribution in [3.63, 3.8) is 0 Å². The van der Waals surface area contributed by atoms with Gasteiger partial charge in [-0.15, -0.1) is 0 Å². The number of methoxy groups -OCH3 is 1. The van der Waals surface area contributed by atoms with Crippen LogP contribution in [0.2, 0.25) is 0 Å². The van der Waals surface area contributed by atoms with E-state index in [4.69, 9.17) is 19.4 Å². The molecule has 220 valence electrons. The summed E-state index contributed by atoms with van der Waals surface area (Å²) in [4.78, 5) is 35.4. The summed E-state index contributed by atoms with van der Waals surface area (Å²) in [5.41, 5.74) is 0.903. The van der Waals surface area contributed by atoms with Gasteiger partial charge in [-0.3, -0.25) is 4.79 Å². The molecule has 2 aliphatic rings. The van der Waals surface area contributed by atoms with Crippen LogP contribution in [0.5, 0.6) is 0 Å². The molecule has 1 aliphatic carbocycles. The molecule has 1 saturated heterocycles. The number of nitrogens with one attached hydrogen (secondary N) is 2. The first-order valence-electron chi connectivity index (χ1n) is 12.6. The number of esters is 1. The first-order chi connectivity index (χ1) is 18.5. The van der Waals surface area contributed by atoms with Crippen LogP contribution in [0.15, 0.2) is 60.7 Å². The Morgan fingerprint density at radius 1 is 1.10 bits per heavy atom. The average molecular weight is 609 g/mol. The Morgan fingerprint density at radius 3 is 2.15 bits per heavy atom. The monoisotopic (exact) mass is 608 g/mol. The normalized spacial score (nSPS) is 22.4. The predicted octanol–water partition coefficient (Wildman–Crippen LogP) is -2.18. The molecule has 0 spiro atoms. The minimum Gasteiger partial charge on any atom is -1.00 e. The van der Waals surface area contributed by atoms with E-state index in [1.54, 1.807) is 7.11 Å². The summed E-state index contributed by atoms with van der Waals surface area (Å²) in [6.07, 6.45) is -2.75. The molecule has 2 fully saturated rings. The molecular weight excluding hydrogens is 576 g/mol. The Morgan fingerprint density at radius 2 is 1.66 bits per heavy atom. The molecule has 2 aromatic rings. The zero-order valence-corrected chi connectivity index (χ0v) is 25.9. The fourth-order valence-corrected chi connectivity index (χ4v) is 4.81. The molecule has 5 atom stereocenters. The molecule has 1 amide bonds. The molecule has 2 aromatic carbocycles. The van der Waals surface area contributed by atoms with Crippen LogP contribution in [0.1, 0.15) is 43.2 Å². The fraction of sp³-hybridized carbons (Fsp3) is 0.464. The Hall–Kier alpha value is -2.15. The van der Waals surface area contributed by atoms with Gasteiger partial charge in [-0.1, -0.05) is 67.6 Å². The van der Waals surface area contributed by atoms with E-state index in [1.807, 2.05) is 67.6 Å². The molecule has 1 saturated carbocycles. The van der Waals surface area contributed by atoms with Crippen LogP contribution in [-0.2, 0) is 30.5 Å². The van der Waals surface area contributed by atoms with Crippen LogP contribution >= 0.6 is 0 Å². The number of halogens is 4. The Balaban J connectivity index is 0.000000833. The van der Waals surface area contributed by atoms with Gasteiger partial charge in [0.1, 0.15) is 12.1 Å². The maximum atomic E-state index is 13.3. The number of carbonyl (C=O) groups is 3. The third-order valence-corrected chi connectivity index (χ3v) is 7.00. The zero-order valence-electron chi connectivity index (χ0n) is 23.1. The van der Waals surface area contributed by atoms with Gasteiger partial charge < -0.3 is 37.6 Å². The molecule has 0 unspecified atom stereocenters. The minimum atomic E-state index is -5.08. The third kappa shape index (κ3) is 9.97. The van der Waals surface area contributed by atoms with E-state index in [1.165, 1.54) is 0 Å². The summed E-state index contributed by atoms with van der Waals surface area (Å²) in [6.45, 7) is 2.98. The second-order valence-electron chi connectivity index (χ2n) is 9.68. The van der Waals surface area contributed by atoms with E-state index in [0.717, 1.165) is 30.5 Å². The number of amides is 1. The first-order valence-corrected chi connectivity index (χ1v) is 12.6. The summed E-state index contributed by atoms with van der Waals surface area (Å²) < 4.78 is 43.1. The van der Waals surface area contributed by atoms with Crippen LogP contribution in [0, 0.1) is 5.92 Å². The van der Waals surface area contributed by atoms with Crippen molar-refractivity contribution in [1.82, 2.24) is 10.6 Å². The second kappa shape index (κ2) is 16.5. The van der Waals surface area contributed by atoms with E-state index >= 15 is 0 Å². The van der Waals surface area contributed by atoms with Gasteiger partial charge in [0.2, 0.25) is 5.91 Å². The number of alkyl halides is 3. The van der Waals surface area contributed by atoms with Crippen molar-refractivity contribution < 1.29 is 84.1 Å². The molecule has 1 aliphatic heterocycles. The number of carboxylic acid groups (broad SMARTS) is 1. The van der Waals surface area contributed by atoms with Crippen molar-refractivity contribution in [1.29, 1.82) is 0 Å². The zero-order chi connectivity index (χ0) is 28.6. The summed E-state index contributed by atoms with van der Waals surface area (Å²) in [7, 11) is 1.64. The SMILES string of the molecule is CO[C@@H]([C@@H]1CCCN1)[C@@H](C)C(=O)N[C@@]1(C(=O)OCc2ccccc2)C[C@@H]1c1ccccc1.O=C(O)C(F)(F)F.[Cl-].[Na+]. The van der Waals surface area contributed by atoms with Gasteiger partial charge in [0.25, 0.3) is 0 Å². The summed E-state index contributed by atoms with van der Waals surface area (Å²) in [5.74, 6) is -3.82.